The Labute approximate surface area is 142 Å². The number of ether oxygens (including phenoxy) is 1. The first-order valence-corrected chi connectivity index (χ1v) is 8.44. The van der Waals surface area contributed by atoms with Gasteiger partial charge in [0, 0.05) is 31.7 Å². The third-order valence-corrected chi connectivity index (χ3v) is 4.25. The van der Waals surface area contributed by atoms with Crippen LogP contribution in [0.1, 0.15) is 18.9 Å². The number of aryl methyl sites for hydroxylation is 1. The van der Waals surface area contributed by atoms with Gasteiger partial charge in [0.1, 0.15) is 0 Å². The maximum atomic E-state index is 12.3. The number of amides is 2. The molecule has 0 saturated carbocycles. The smallest absolute Gasteiger partial charge is 0.321 e. The molecule has 1 aliphatic rings. The lowest BCUT2D eigenvalue weighted by Crippen LogP contribution is -2.33. The predicted molar refractivity (Wildman–Crippen MR) is 92.7 cm³/mol. The maximum Gasteiger partial charge on any atom is 0.321 e. The molecule has 128 valence electrons. The van der Waals surface area contributed by atoms with Crippen molar-refractivity contribution in [3.63, 3.8) is 0 Å². The number of carbonyl (C=O) groups is 1. The molecule has 0 bridgehead atoms. The first-order valence-electron chi connectivity index (χ1n) is 8.44. The average molecular weight is 328 g/mol. The number of benzene rings is 1. The summed E-state index contributed by atoms with van der Waals surface area (Å²) < 4.78 is 7.59. The molecule has 1 aromatic heterocycles. The van der Waals surface area contributed by atoms with E-state index in [9.17, 15) is 4.79 Å². The first-order chi connectivity index (χ1) is 11.7. The zero-order valence-electron chi connectivity index (χ0n) is 14.0. The van der Waals surface area contributed by atoms with Gasteiger partial charge in [-0.3, -0.25) is 4.68 Å². The second-order valence-corrected chi connectivity index (χ2v) is 6.12. The summed E-state index contributed by atoms with van der Waals surface area (Å²) in [7, 11) is 0. The number of rotatable bonds is 6. The largest absolute Gasteiger partial charge is 0.376 e. The fourth-order valence-corrected chi connectivity index (χ4v) is 2.87. The minimum Gasteiger partial charge on any atom is -0.376 e. The molecule has 0 unspecified atom stereocenters. The summed E-state index contributed by atoms with van der Waals surface area (Å²) in [4.78, 5) is 14.1. The molecule has 1 aromatic carbocycles. The molecule has 24 heavy (non-hydrogen) atoms. The molecule has 3 rings (SSSR count). The second-order valence-electron chi connectivity index (χ2n) is 6.12. The molecule has 2 heterocycles. The Morgan fingerprint density at radius 3 is 2.96 bits per heavy atom. The van der Waals surface area contributed by atoms with E-state index < -0.39 is 0 Å². The molecule has 1 aliphatic heterocycles. The van der Waals surface area contributed by atoms with E-state index in [2.05, 4.69) is 22.5 Å². The molecule has 1 N–H and O–H groups in total. The topological polar surface area (TPSA) is 59.4 Å². The summed E-state index contributed by atoms with van der Waals surface area (Å²) in [6, 6.07) is 10.1. The van der Waals surface area contributed by atoms with Crippen LogP contribution in [0.3, 0.4) is 0 Å². The molecule has 6 heteroatoms. The quantitative estimate of drug-likeness (QED) is 0.887. The van der Waals surface area contributed by atoms with E-state index in [4.69, 9.17) is 4.74 Å². The van der Waals surface area contributed by atoms with Gasteiger partial charge in [0.15, 0.2) is 0 Å². The third-order valence-electron chi connectivity index (χ3n) is 4.25. The summed E-state index contributed by atoms with van der Waals surface area (Å²) in [6.45, 7) is 5.63. The molecule has 0 aliphatic carbocycles. The number of hydrogen-bond donors (Lipinski definition) is 1. The molecule has 2 aromatic rings. The normalized spacial score (nSPS) is 17.2. The van der Waals surface area contributed by atoms with Crippen LogP contribution in [0.4, 0.5) is 10.5 Å². The average Bonchev–Trinajstić information content (AvgIpc) is 3.25. The number of nitrogens with one attached hydrogen (secondary N) is 1. The van der Waals surface area contributed by atoms with Gasteiger partial charge in [-0.05, 0) is 18.9 Å². The zero-order chi connectivity index (χ0) is 16.8. The van der Waals surface area contributed by atoms with Crippen LogP contribution in [0.2, 0.25) is 0 Å². The lowest BCUT2D eigenvalue weighted by atomic mass is 10.1. The Bertz CT molecular complexity index is 656. The molecule has 1 saturated heterocycles. The number of anilines is 1. The Morgan fingerprint density at radius 1 is 1.38 bits per heavy atom. The van der Waals surface area contributed by atoms with Gasteiger partial charge in [-0.15, -0.1) is 0 Å². The Kier molecular flexibility index (Phi) is 5.48. The molecule has 1 fully saturated rings. The Hall–Kier alpha value is -2.34. The monoisotopic (exact) mass is 328 g/mol. The summed E-state index contributed by atoms with van der Waals surface area (Å²) >= 11 is 0. The number of nitrogens with zero attached hydrogens (tertiary/aromatic N) is 3. The molecule has 0 spiro atoms. The second kappa shape index (κ2) is 7.97. The van der Waals surface area contributed by atoms with Crippen LogP contribution >= 0.6 is 0 Å². The van der Waals surface area contributed by atoms with Gasteiger partial charge < -0.3 is 15.0 Å². The minimum absolute atomic E-state index is 0.0591. The van der Waals surface area contributed by atoms with Crippen molar-refractivity contribution >= 4 is 11.7 Å². The number of hydrogen-bond acceptors (Lipinski definition) is 3. The van der Waals surface area contributed by atoms with Crippen molar-refractivity contribution in [2.45, 2.75) is 26.5 Å². The van der Waals surface area contributed by atoms with Gasteiger partial charge in [-0.2, -0.15) is 5.10 Å². The number of aromatic nitrogens is 2. The van der Waals surface area contributed by atoms with Gasteiger partial charge in [-0.1, -0.05) is 30.3 Å². The third kappa shape index (κ3) is 4.35. The Morgan fingerprint density at radius 2 is 2.21 bits per heavy atom. The van der Waals surface area contributed by atoms with Gasteiger partial charge in [0.25, 0.3) is 0 Å². The van der Waals surface area contributed by atoms with Crippen molar-refractivity contribution in [2.24, 2.45) is 5.92 Å². The molecule has 0 radical (unpaired) electrons. The van der Waals surface area contributed by atoms with E-state index in [1.165, 1.54) is 5.56 Å². The van der Waals surface area contributed by atoms with E-state index in [1.807, 2.05) is 36.2 Å². The Balaban J connectivity index is 1.40. The lowest BCUT2D eigenvalue weighted by molar-refractivity contribution is 0.0900. The fourth-order valence-electron chi connectivity index (χ4n) is 2.87. The van der Waals surface area contributed by atoms with Crippen molar-refractivity contribution in [3.8, 4) is 0 Å². The molecule has 2 amide bonds. The van der Waals surface area contributed by atoms with Gasteiger partial charge in [0.05, 0.1) is 25.1 Å². The van der Waals surface area contributed by atoms with Gasteiger partial charge in [0.2, 0.25) is 0 Å². The van der Waals surface area contributed by atoms with E-state index in [0.717, 1.165) is 31.7 Å². The van der Waals surface area contributed by atoms with Crippen LogP contribution in [0.25, 0.3) is 0 Å². The number of likely N-dealkylation sites (tertiary alicyclic amines) is 1. The highest BCUT2D eigenvalue weighted by molar-refractivity contribution is 5.89. The minimum atomic E-state index is -0.0591. The SMILES string of the molecule is CCn1cc(NC(=O)N2CC[C@H](COCc3ccccc3)C2)cn1. The number of carbonyl (C=O) groups excluding carboxylic acids is 1. The summed E-state index contributed by atoms with van der Waals surface area (Å²) in [6.07, 6.45) is 4.50. The van der Waals surface area contributed by atoms with E-state index in [-0.39, 0.29) is 6.03 Å². The van der Waals surface area contributed by atoms with Crippen molar-refractivity contribution in [3.05, 3.63) is 48.3 Å². The van der Waals surface area contributed by atoms with E-state index in [1.54, 1.807) is 10.9 Å². The maximum absolute atomic E-state index is 12.3. The van der Waals surface area contributed by atoms with Crippen LogP contribution in [0, 0.1) is 5.92 Å². The molecular formula is C18H24N4O2. The summed E-state index contributed by atoms with van der Waals surface area (Å²) in [5.74, 6) is 0.401. The van der Waals surface area contributed by atoms with Gasteiger partial charge in [-0.25, -0.2) is 4.79 Å². The first kappa shape index (κ1) is 16.5. The van der Waals surface area contributed by atoms with Crippen LogP contribution in [0.5, 0.6) is 0 Å². The fraction of sp³-hybridized carbons (Fsp3) is 0.444. The van der Waals surface area contributed by atoms with Crippen molar-refractivity contribution in [1.82, 2.24) is 14.7 Å². The van der Waals surface area contributed by atoms with Crippen LogP contribution in [-0.4, -0.2) is 40.4 Å². The zero-order valence-corrected chi connectivity index (χ0v) is 14.0. The lowest BCUT2D eigenvalue weighted by Gasteiger charge is -2.16. The standard InChI is InChI=1S/C18H24N4O2/c1-2-22-12-17(10-19-22)20-18(23)21-9-8-16(11-21)14-24-13-15-6-4-3-5-7-15/h3-7,10,12,16H,2,8-9,11,13-14H2,1H3,(H,20,23)/t16-/m0/s1. The molecular weight excluding hydrogens is 304 g/mol. The van der Waals surface area contributed by atoms with E-state index >= 15 is 0 Å². The number of urea groups is 1. The van der Waals surface area contributed by atoms with Crippen LogP contribution in [0.15, 0.2) is 42.7 Å². The van der Waals surface area contributed by atoms with Crippen LogP contribution in [-0.2, 0) is 17.9 Å². The van der Waals surface area contributed by atoms with Crippen molar-refractivity contribution in [2.75, 3.05) is 25.0 Å². The highest BCUT2D eigenvalue weighted by Gasteiger charge is 2.26. The van der Waals surface area contributed by atoms with Crippen molar-refractivity contribution in [1.29, 1.82) is 0 Å². The predicted octanol–water partition coefficient (Wildman–Crippen LogP) is 2.97. The molecule has 6 nitrogen and oxygen atoms in total. The van der Waals surface area contributed by atoms with Crippen molar-refractivity contribution < 1.29 is 9.53 Å². The summed E-state index contributed by atoms with van der Waals surface area (Å²) in [5, 5.41) is 7.07. The summed E-state index contributed by atoms with van der Waals surface area (Å²) in [5.41, 5.74) is 1.92. The van der Waals surface area contributed by atoms with Crippen LogP contribution < -0.4 is 5.32 Å². The molecule has 1 atom stereocenters. The highest BCUT2D eigenvalue weighted by atomic mass is 16.5. The van der Waals surface area contributed by atoms with E-state index in [0.29, 0.717) is 19.1 Å². The highest BCUT2D eigenvalue weighted by Crippen LogP contribution is 2.18. The van der Waals surface area contributed by atoms with Gasteiger partial charge >= 0.3 is 6.03 Å².